The molecule has 2 aromatic rings. The third kappa shape index (κ3) is 1.99. The van der Waals surface area contributed by atoms with Gasteiger partial charge < -0.3 is 14.8 Å². The maximum atomic E-state index is 5.77. The van der Waals surface area contributed by atoms with Gasteiger partial charge >= 0.3 is 0 Å². The zero-order valence-corrected chi connectivity index (χ0v) is 10.2. The van der Waals surface area contributed by atoms with Gasteiger partial charge in [0, 0.05) is 6.07 Å². The van der Waals surface area contributed by atoms with Crippen LogP contribution in [0.25, 0.3) is 0 Å². The van der Waals surface area contributed by atoms with Gasteiger partial charge in [0.2, 0.25) is 0 Å². The number of anilines is 1. The van der Waals surface area contributed by atoms with Gasteiger partial charge in [-0.1, -0.05) is 30.3 Å². The highest BCUT2D eigenvalue weighted by Gasteiger charge is 2.20. The lowest BCUT2D eigenvalue weighted by atomic mass is 10.1. The molecule has 1 N–H and O–H groups in total. The average molecular weight is 241 g/mol. The standard InChI is InChI=1S/C15H15NO2/c1-17-12-7-8-15-13(9-12)16-14(10-18-15)11-5-3-2-4-6-11/h2-9,14,16H,10H2,1H3. The lowest BCUT2D eigenvalue weighted by Crippen LogP contribution is -2.23. The quantitative estimate of drug-likeness (QED) is 0.875. The molecule has 0 saturated carbocycles. The molecule has 0 bridgehead atoms. The summed E-state index contributed by atoms with van der Waals surface area (Å²) >= 11 is 0. The van der Waals surface area contributed by atoms with Crippen molar-refractivity contribution in [2.45, 2.75) is 6.04 Å². The summed E-state index contributed by atoms with van der Waals surface area (Å²) in [5, 5.41) is 3.48. The first kappa shape index (κ1) is 11.0. The second-order valence-corrected chi connectivity index (χ2v) is 4.28. The molecule has 92 valence electrons. The lowest BCUT2D eigenvalue weighted by molar-refractivity contribution is 0.285. The summed E-state index contributed by atoms with van der Waals surface area (Å²) in [6.45, 7) is 0.642. The Morgan fingerprint density at radius 3 is 2.78 bits per heavy atom. The molecule has 1 atom stereocenters. The van der Waals surface area contributed by atoms with E-state index in [1.165, 1.54) is 5.56 Å². The zero-order chi connectivity index (χ0) is 12.4. The molecule has 3 rings (SSSR count). The summed E-state index contributed by atoms with van der Waals surface area (Å²) in [5.41, 5.74) is 2.21. The molecule has 1 unspecified atom stereocenters. The van der Waals surface area contributed by atoms with Crippen molar-refractivity contribution in [3.63, 3.8) is 0 Å². The number of hydrogen-bond donors (Lipinski definition) is 1. The molecule has 0 amide bonds. The minimum Gasteiger partial charge on any atom is -0.497 e. The normalized spacial score (nSPS) is 17.3. The van der Waals surface area contributed by atoms with Crippen LogP contribution in [0.1, 0.15) is 11.6 Å². The van der Waals surface area contributed by atoms with Crippen LogP contribution < -0.4 is 14.8 Å². The van der Waals surface area contributed by atoms with Crippen molar-refractivity contribution in [2.24, 2.45) is 0 Å². The van der Waals surface area contributed by atoms with E-state index >= 15 is 0 Å². The number of rotatable bonds is 2. The Bertz CT molecular complexity index is 539. The second-order valence-electron chi connectivity index (χ2n) is 4.28. The van der Waals surface area contributed by atoms with E-state index in [9.17, 15) is 0 Å². The van der Waals surface area contributed by atoms with E-state index in [4.69, 9.17) is 9.47 Å². The predicted molar refractivity (Wildman–Crippen MR) is 71.3 cm³/mol. The molecule has 0 aromatic heterocycles. The van der Waals surface area contributed by atoms with E-state index in [0.29, 0.717) is 6.61 Å². The first-order chi connectivity index (χ1) is 8.86. The summed E-state index contributed by atoms with van der Waals surface area (Å²) < 4.78 is 11.0. The van der Waals surface area contributed by atoms with Crippen molar-refractivity contribution < 1.29 is 9.47 Å². The minimum atomic E-state index is 0.186. The van der Waals surface area contributed by atoms with Gasteiger partial charge in [-0.15, -0.1) is 0 Å². The van der Waals surface area contributed by atoms with Crippen LogP contribution in [0.2, 0.25) is 0 Å². The number of nitrogens with one attached hydrogen (secondary N) is 1. The summed E-state index contributed by atoms with van der Waals surface area (Å²) in [5.74, 6) is 1.71. The molecule has 2 aromatic carbocycles. The van der Waals surface area contributed by atoms with Gasteiger partial charge in [-0.3, -0.25) is 0 Å². The van der Waals surface area contributed by atoms with E-state index in [1.54, 1.807) is 7.11 Å². The highest BCUT2D eigenvalue weighted by molar-refractivity contribution is 5.62. The number of ether oxygens (including phenoxy) is 2. The summed E-state index contributed by atoms with van der Waals surface area (Å²) in [6, 6.07) is 16.3. The van der Waals surface area contributed by atoms with Crippen LogP contribution in [-0.2, 0) is 0 Å². The van der Waals surface area contributed by atoms with Gasteiger partial charge in [-0.05, 0) is 17.7 Å². The van der Waals surface area contributed by atoms with Gasteiger partial charge in [0.25, 0.3) is 0 Å². The molecule has 1 heterocycles. The van der Waals surface area contributed by atoms with E-state index in [2.05, 4.69) is 17.4 Å². The van der Waals surface area contributed by atoms with Crippen LogP contribution in [0.5, 0.6) is 11.5 Å². The molecule has 3 heteroatoms. The Morgan fingerprint density at radius 2 is 2.00 bits per heavy atom. The van der Waals surface area contributed by atoms with Gasteiger partial charge in [0.15, 0.2) is 0 Å². The summed E-state index contributed by atoms with van der Waals surface area (Å²) in [6.07, 6.45) is 0. The topological polar surface area (TPSA) is 30.5 Å². The summed E-state index contributed by atoms with van der Waals surface area (Å²) in [7, 11) is 1.67. The smallest absolute Gasteiger partial charge is 0.142 e. The molecule has 18 heavy (non-hydrogen) atoms. The largest absolute Gasteiger partial charge is 0.497 e. The second kappa shape index (κ2) is 4.61. The van der Waals surface area contributed by atoms with Crippen LogP contribution >= 0.6 is 0 Å². The van der Waals surface area contributed by atoms with E-state index in [1.807, 2.05) is 36.4 Å². The van der Waals surface area contributed by atoms with Crippen LogP contribution in [0.3, 0.4) is 0 Å². The zero-order valence-electron chi connectivity index (χ0n) is 10.2. The Kier molecular flexibility index (Phi) is 2.81. The first-order valence-electron chi connectivity index (χ1n) is 5.99. The molecular weight excluding hydrogens is 226 g/mol. The van der Waals surface area contributed by atoms with Crippen LogP contribution in [-0.4, -0.2) is 13.7 Å². The molecule has 1 aliphatic rings. The Labute approximate surface area is 106 Å². The third-order valence-electron chi connectivity index (χ3n) is 3.12. The van der Waals surface area contributed by atoms with Crippen molar-refractivity contribution in [3.05, 3.63) is 54.1 Å². The summed E-state index contributed by atoms with van der Waals surface area (Å²) in [4.78, 5) is 0. The van der Waals surface area contributed by atoms with Crippen molar-refractivity contribution in [1.82, 2.24) is 0 Å². The molecule has 3 nitrogen and oxygen atoms in total. The molecule has 0 radical (unpaired) electrons. The first-order valence-corrected chi connectivity index (χ1v) is 5.99. The fourth-order valence-corrected chi connectivity index (χ4v) is 2.14. The number of benzene rings is 2. The Morgan fingerprint density at radius 1 is 1.17 bits per heavy atom. The highest BCUT2D eigenvalue weighted by atomic mass is 16.5. The van der Waals surface area contributed by atoms with E-state index in [0.717, 1.165) is 17.2 Å². The van der Waals surface area contributed by atoms with E-state index < -0.39 is 0 Å². The van der Waals surface area contributed by atoms with Gasteiger partial charge in [-0.2, -0.15) is 0 Å². The van der Waals surface area contributed by atoms with Crippen LogP contribution in [0.4, 0.5) is 5.69 Å². The van der Waals surface area contributed by atoms with Crippen molar-refractivity contribution >= 4 is 5.69 Å². The van der Waals surface area contributed by atoms with Gasteiger partial charge in [0.05, 0.1) is 18.8 Å². The number of hydrogen-bond acceptors (Lipinski definition) is 3. The third-order valence-corrected chi connectivity index (χ3v) is 3.12. The van der Waals surface area contributed by atoms with Crippen molar-refractivity contribution in [1.29, 1.82) is 0 Å². The van der Waals surface area contributed by atoms with Crippen molar-refractivity contribution in [3.8, 4) is 11.5 Å². The lowest BCUT2D eigenvalue weighted by Gasteiger charge is -2.28. The molecule has 0 saturated heterocycles. The predicted octanol–water partition coefficient (Wildman–Crippen LogP) is 3.24. The Hall–Kier alpha value is -2.16. The van der Waals surface area contributed by atoms with Gasteiger partial charge in [-0.25, -0.2) is 0 Å². The highest BCUT2D eigenvalue weighted by Crippen LogP contribution is 2.36. The molecule has 1 aliphatic heterocycles. The number of fused-ring (bicyclic) bond motifs is 1. The van der Waals surface area contributed by atoms with Crippen molar-refractivity contribution in [2.75, 3.05) is 19.0 Å². The van der Waals surface area contributed by atoms with Crippen LogP contribution in [0, 0.1) is 0 Å². The fourth-order valence-electron chi connectivity index (χ4n) is 2.14. The minimum absolute atomic E-state index is 0.186. The molecule has 0 aliphatic carbocycles. The molecule has 0 spiro atoms. The Balaban J connectivity index is 1.88. The number of methoxy groups -OCH3 is 1. The fraction of sp³-hybridized carbons (Fsp3) is 0.200. The maximum absolute atomic E-state index is 5.77. The maximum Gasteiger partial charge on any atom is 0.142 e. The SMILES string of the molecule is COc1ccc2c(c1)NC(c1ccccc1)CO2. The van der Waals surface area contributed by atoms with Crippen LogP contribution in [0.15, 0.2) is 48.5 Å². The van der Waals surface area contributed by atoms with E-state index in [-0.39, 0.29) is 6.04 Å². The molecule has 0 fully saturated rings. The average Bonchev–Trinajstić information content (AvgIpc) is 2.47. The van der Waals surface area contributed by atoms with Gasteiger partial charge in [0.1, 0.15) is 18.1 Å². The monoisotopic (exact) mass is 241 g/mol. The molecular formula is C15H15NO2.